The molecule has 2 rings (SSSR count). The van der Waals surface area contributed by atoms with E-state index in [2.05, 4.69) is 17.6 Å². The zero-order valence-corrected chi connectivity index (χ0v) is 18.4. The lowest BCUT2D eigenvalue weighted by Crippen LogP contribution is -2.54. The van der Waals surface area contributed by atoms with E-state index in [0.29, 0.717) is 19.6 Å². The summed E-state index contributed by atoms with van der Waals surface area (Å²) in [6.45, 7) is 7.66. The molecule has 1 unspecified atom stereocenters. The van der Waals surface area contributed by atoms with Crippen LogP contribution in [0, 0.1) is 11.8 Å². The molecular formula is C23H35N3O4. The number of alkyl carbamates (subject to hydrolysis) is 1. The lowest BCUT2D eigenvalue weighted by molar-refractivity contribution is -0.138. The van der Waals surface area contributed by atoms with E-state index in [9.17, 15) is 14.4 Å². The molecule has 3 amide bonds. The van der Waals surface area contributed by atoms with Crippen LogP contribution in [0.15, 0.2) is 30.3 Å². The number of ether oxygens (including phenoxy) is 1. The van der Waals surface area contributed by atoms with Gasteiger partial charge in [0.2, 0.25) is 11.8 Å². The van der Waals surface area contributed by atoms with Crippen molar-refractivity contribution in [3.8, 4) is 0 Å². The van der Waals surface area contributed by atoms with Gasteiger partial charge >= 0.3 is 6.09 Å². The number of hydrogen-bond donors (Lipinski definition) is 2. The van der Waals surface area contributed by atoms with Gasteiger partial charge in [0.05, 0.1) is 5.92 Å². The third kappa shape index (κ3) is 7.35. The highest BCUT2D eigenvalue weighted by molar-refractivity contribution is 5.87. The summed E-state index contributed by atoms with van der Waals surface area (Å²) < 4.78 is 5.28. The molecule has 1 saturated heterocycles. The monoisotopic (exact) mass is 417 g/mol. The summed E-state index contributed by atoms with van der Waals surface area (Å²) in [4.78, 5) is 39.5. The number of hydrogen-bond acceptors (Lipinski definition) is 4. The van der Waals surface area contributed by atoms with Crippen LogP contribution >= 0.6 is 0 Å². The van der Waals surface area contributed by atoms with Crippen LogP contribution in [0.3, 0.4) is 0 Å². The number of nitrogens with one attached hydrogen (secondary N) is 2. The third-order valence-electron chi connectivity index (χ3n) is 5.35. The highest BCUT2D eigenvalue weighted by Crippen LogP contribution is 2.19. The summed E-state index contributed by atoms with van der Waals surface area (Å²) in [7, 11) is 0. The molecule has 30 heavy (non-hydrogen) atoms. The lowest BCUT2D eigenvalue weighted by atomic mass is 9.95. The van der Waals surface area contributed by atoms with Crippen LogP contribution in [0.2, 0.25) is 0 Å². The number of likely N-dealkylation sites (tertiary alicyclic amines) is 1. The minimum atomic E-state index is -0.685. The average molecular weight is 418 g/mol. The molecule has 1 fully saturated rings. The van der Waals surface area contributed by atoms with Crippen molar-refractivity contribution >= 4 is 17.9 Å². The molecule has 0 aromatic heterocycles. The van der Waals surface area contributed by atoms with E-state index in [1.807, 2.05) is 44.2 Å². The van der Waals surface area contributed by atoms with E-state index in [1.54, 1.807) is 4.90 Å². The largest absolute Gasteiger partial charge is 0.445 e. The highest BCUT2D eigenvalue weighted by atomic mass is 16.5. The molecule has 0 spiro atoms. The molecule has 0 bridgehead atoms. The molecule has 0 aliphatic carbocycles. The number of unbranched alkanes of at least 4 members (excludes halogenated alkanes) is 1. The van der Waals surface area contributed by atoms with E-state index >= 15 is 0 Å². The lowest BCUT2D eigenvalue weighted by Gasteiger charge is -2.35. The van der Waals surface area contributed by atoms with Crippen LogP contribution in [0.5, 0.6) is 0 Å². The third-order valence-corrected chi connectivity index (χ3v) is 5.35. The van der Waals surface area contributed by atoms with Crippen molar-refractivity contribution in [3.63, 3.8) is 0 Å². The van der Waals surface area contributed by atoms with E-state index < -0.39 is 12.1 Å². The Balaban J connectivity index is 1.90. The molecular weight excluding hydrogens is 382 g/mol. The molecule has 7 nitrogen and oxygen atoms in total. The van der Waals surface area contributed by atoms with Gasteiger partial charge in [-0.3, -0.25) is 9.59 Å². The number of benzene rings is 1. The van der Waals surface area contributed by atoms with Gasteiger partial charge < -0.3 is 20.3 Å². The topological polar surface area (TPSA) is 87.7 Å². The summed E-state index contributed by atoms with van der Waals surface area (Å²) in [5, 5.41) is 5.68. The fourth-order valence-corrected chi connectivity index (χ4v) is 3.53. The maximum atomic E-state index is 13.1. The van der Waals surface area contributed by atoms with E-state index in [-0.39, 0.29) is 30.3 Å². The second-order valence-corrected chi connectivity index (χ2v) is 8.20. The number of rotatable bonds is 9. The summed E-state index contributed by atoms with van der Waals surface area (Å²) in [5.41, 5.74) is 0.882. The maximum Gasteiger partial charge on any atom is 0.408 e. The maximum absolute atomic E-state index is 13.1. The first-order valence-corrected chi connectivity index (χ1v) is 11.0. The molecule has 1 aliphatic rings. The van der Waals surface area contributed by atoms with Gasteiger partial charge in [-0.05, 0) is 30.7 Å². The van der Waals surface area contributed by atoms with Crippen molar-refractivity contribution in [2.45, 2.75) is 59.1 Å². The van der Waals surface area contributed by atoms with Gasteiger partial charge in [0.1, 0.15) is 12.6 Å². The molecule has 2 N–H and O–H groups in total. The Morgan fingerprint density at radius 3 is 2.60 bits per heavy atom. The van der Waals surface area contributed by atoms with Gasteiger partial charge in [0, 0.05) is 19.6 Å². The van der Waals surface area contributed by atoms with Crippen LogP contribution < -0.4 is 10.6 Å². The Labute approximate surface area is 179 Å². The standard InChI is InChI=1S/C23H35N3O4/c1-4-5-13-24-21(27)19-12-9-14-26(15-19)22(28)20(17(2)3)25-23(29)30-16-18-10-7-6-8-11-18/h6-8,10-11,17,19-20H,4-5,9,12-16H2,1-3H3,(H,24,27)(H,25,29)/t19?,20-/m0/s1. The molecule has 1 aromatic carbocycles. The van der Waals surface area contributed by atoms with Crippen molar-refractivity contribution in [3.05, 3.63) is 35.9 Å². The quantitative estimate of drug-likeness (QED) is 0.605. The molecule has 0 saturated carbocycles. The molecule has 166 valence electrons. The predicted octanol–water partition coefficient (Wildman–Crippen LogP) is 3.09. The predicted molar refractivity (Wildman–Crippen MR) is 116 cm³/mol. The van der Waals surface area contributed by atoms with E-state index in [0.717, 1.165) is 31.2 Å². The molecule has 1 aliphatic heterocycles. The minimum Gasteiger partial charge on any atom is -0.445 e. The first-order chi connectivity index (χ1) is 14.4. The van der Waals surface area contributed by atoms with Crippen LogP contribution in [-0.2, 0) is 20.9 Å². The smallest absolute Gasteiger partial charge is 0.408 e. The van der Waals surface area contributed by atoms with Crippen molar-refractivity contribution < 1.29 is 19.1 Å². The first kappa shape index (κ1) is 23.7. The Morgan fingerprint density at radius 2 is 1.93 bits per heavy atom. The van der Waals surface area contributed by atoms with Crippen LogP contribution in [0.25, 0.3) is 0 Å². The Kier molecular flexibility index (Phi) is 9.64. The van der Waals surface area contributed by atoms with Gasteiger partial charge in [-0.1, -0.05) is 57.5 Å². The normalized spacial score (nSPS) is 17.3. The Hall–Kier alpha value is -2.57. The number of piperidine rings is 1. The molecule has 7 heteroatoms. The number of amides is 3. The van der Waals surface area contributed by atoms with Crippen molar-refractivity contribution in [2.75, 3.05) is 19.6 Å². The van der Waals surface area contributed by atoms with Crippen molar-refractivity contribution in [2.24, 2.45) is 11.8 Å². The van der Waals surface area contributed by atoms with Gasteiger partial charge in [-0.25, -0.2) is 4.79 Å². The zero-order chi connectivity index (χ0) is 21.9. The van der Waals surface area contributed by atoms with E-state index in [4.69, 9.17) is 4.74 Å². The van der Waals surface area contributed by atoms with Crippen molar-refractivity contribution in [1.29, 1.82) is 0 Å². The molecule has 0 radical (unpaired) electrons. The van der Waals surface area contributed by atoms with E-state index in [1.165, 1.54) is 0 Å². The first-order valence-electron chi connectivity index (χ1n) is 11.0. The average Bonchev–Trinajstić information content (AvgIpc) is 2.76. The fraction of sp³-hybridized carbons (Fsp3) is 0.609. The van der Waals surface area contributed by atoms with Gasteiger partial charge in [-0.2, -0.15) is 0 Å². The van der Waals surface area contributed by atoms with Gasteiger partial charge in [-0.15, -0.1) is 0 Å². The minimum absolute atomic E-state index is 0.0114. The van der Waals surface area contributed by atoms with Crippen LogP contribution in [0.4, 0.5) is 4.79 Å². The van der Waals surface area contributed by atoms with Gasteiger partial charge in [0.15, 0.2) is 0 Å². The number of carbonyl (C=O) groups is 3. The Bertz CT molecular complexity index is 693. The number of nitrogens with zero attached hydrogens (tertiary/aromatic N) is 1. The van der Waals surface area contributed by atoms with Crippen LogP contribution in [0.1, 0.15) is 52.0 Å². The van der Waals surface area contributed by atoms with Crippen LogP contribution in [-0.4, -0.2) is 48.5 Å². The molecule has 2 atom stereocenters. The zero-order valence-electron chi connectivity index (χ0n) is 18.4. The molecule has 1 heterocycles. The summed E-state index contributed by atoms with van der Waals surface area (Å²) >= 11 is 0. The second-order valence-electron chi connectivity index (χ2n) is 8.20. The van der Waals surface area contributed by atoms with Gasteiger partial charge in [0.25, 0.3) is 0 Å². The Morgan fingerprint density at radius 1 is 1.20 bits per heavy atom. The van der Waals surface area contributed by atoms with Crippen molar-refractivity contribution in [1.82, 2.24) is 15.5 Å². The SMILES string of the molecule is CCCCNC(=O)C1CCCN(C(=O)[C@@H](NC(=O)OCc2ccccc2)C(C)C)C1. The number of carbonyl (C=O) groups excluding carboxylic acids is 3. The second kappa shape index (κ2) is 12.2. The summed E-state index contributed by atoms with van der Waals surface area (Å²) in [6.07, 6.45) is 2.92. The fourth-order valence-electron chi connectivity index (χ4n) is 3.53. The molecule has 1 aromatic rings. The highest BCUT2D eigenvalue weighted by Gasteiger charge is 2.34. The summed E-state index contributed by atoms with van der Waals surface area (Å²) in [5.74, 6) is -0.442. The summed E-state index contributed by atoms with van der Waals surface area (Å²) in [6, 6.07) is 8.71.